The molecule has 0 aliphatic heterocycles. The molecule has 2 aromatic carbocycles. The zero-order chi connectivity index (χ0) is 13.9. The third kappa shape index (κ3) is 2.93. The molecule has 0 radical (unpaired) electrons. The molecule has 2 nitrogen and oxygen atoms in total. The van der Waals surface area contributed by atoms with Crippen LogP contribution in [0.3, 0.4) is 0 Å². The van der Waals surface area contributed by atoms with Gasteiger partial charge < -0.3 is 5.32 Å². The number of rotatable bonds is 2. The van der Waals surface area contributed by atoms with Gasteiger partial charge in [-0.2, -0.15) is 0 Å². The summed E-state index contributed by atoms with van der Waals surface area (Å²) in [6.45, 7) is 0. The van der Waals surface area contributed by atoms with E-state index < -0.39 is 0 Å². The fourth-order valence-corrected chi connectivity index (χ4v) is 3.04. The smallest absolute Gasteiger partial charge is 0.255 e. The van der Waals surface area contributed by atoms with Crippen molar-refractivity contribution in [1.29, 1.82) is 0 Å². The topological polar surface area (TPSA) is 29.1 Å². The second kappa shape index (κ2) is 5.80. The molecule has 102 valence electrons. The first-order chi connectivity index (χ1) is 9.72. The van der Waals surface area contributed by atoms with E-state index in [1.165, 1.54) is 24.0 Å². The van der Waals surface area contributed by atoms with Crippen molar-refractivity contribution in [2.75, 3.05) is 5.32 Å². The highest BCUT2D eigenvalue weighted by Crippen LogP contribution is 2.23. The Kier molecular flexibility index (Phi) is 3.88. The molecular weight excluding hydrogens is 314 g/mol. The zero-order valence-electron chi connectivity index (χ0n) is 11.2. The van der Waals surface area contributed by atoms with Gasteiger partial charge in [0.15, 0.2) is 0 Å². The Bertz CT molecular complexity index is 651. The summed E-state index contributed by atoms with van der Waals surface area (Å²) in [6, 6.07) is 13.7. The maximum atomic E-state index is 12.3. The fraction of sp³-hybridized carbons (Fsp3) is 0.235. The maximum Gasteiger partial charge on any atom is 0.255 e. The largest absolute Gasteiger partial charge is 0.322 e. The number of benzene rings is 2. The van der Waals surface area contributed by atoms with Crippen LogP contribution in [0.25, 0.3) is 0 Å². The summed E-state index contributed by atoms with van der Waals surface area (Å²) in [4.78, 5) is 12.3. The van der Waals surface area contributed by atoms with Gasteiger partial charge in [0.1, 0.15) is 0 Å². The predicted molar refractivity (Wildman–Crippen MR) is 85.2 cm³/mol. The molecule has 0 saturated carbocycles. The summed E-state index contributed by atoms with van der Waals surface area (Å²) in [6.07, 6.45) is 4.72. The molecule has 0 fully saturated rings. The van der Waals surface area contributed by atoms with Crippen molar-refractivity contribution in [3.8, 4) is 0 Å². The average Bonchev–Trinajstić information content (AvgIpc) is 2.47. The zero-order valence-corrected chi connectivity index (χ0v) is 12.7. The summed E-state index contributed by atoms with van der Waals surface area (Å²) in [5.74, 6) is -0.0449. The molecule has 0 unspecified atom stereocenters. The third-order valence-corrected chi connectivity index (χ3v) is 4.19. The Morgan fingerprint density at radius 2 is 1.80 bits per heavy atom. The minimum Gasteiger partial charge on any atom is -0.322 e. The first-order valence-electron chi connectivity index (χ1n) is 6.91. The van der Waals surface area contributed by atoms with E-state index in [9.17, 15) is 4.79 Å². The van der Waals surface area contributed by atoms with Crippen molar-refractivity contribution >= 4 is 27.5 Å². The molecule has 0 atom stereocenters. The van der Waals surface area contributed by atoms with Gasteiger partial charge in [0.2, 0.25) is 0 Å². The number of carbonyl (C=O) groups excluding carboxylic acids is 1. The third-order valence-electron chi connectivity index (χ3n) is 3.69. The van der Waals surface area contributed by atoms with Crippen molar-refractivity contribution in [2.45, 2.75) is 25.7 Å². The van der Waals surface area contributed by atoms with E-state index in [0.717, 1.165) is 28.6 Å². The van der Waals surface area contributed by atoms with Gasteiger partial charge in [0.25, 0.3) is 5.91 Å². The lowest BCUT2D eigenvalue weighted by atomic mass is 9.90. The van der Waals surface area contributed by atoms with Crippen LogP contribution >= 0.6 is 15.9 Å². The number of halogens is 1. The van der Waals surface area contributed by atoms with Crippen LogP contribution in [0.15, 0.2) is 46.9 Å². The van der Waals surface area contributed by atoms with Gasteiger partial charge >= 0.3 is 0 Å². The van der Waals surface area contributed by atoms with E-state index in [1.807, 2.05) is 36.4 Å². The van der Waals surface area contributed by atoms with Crippen LogP contribution in [0.4, 0.5) is 5.69 Å². The summed E-state index contributed by atoms with van der Waals surface area (Å²) in [7, 11) is 0. The summed E-state index contributed by atoms with van der Waals surface area (Å²) >= 11 is 3.41. The monoisotopic (exact) mass is 329 g/mol. The Labute approximate surface area is 127 Å². The Hall–Kier alpha value is -1.61. The average molecular weight is 330 g/mol. The molecule has 1 amide bonds. The summed E-state index contributed by atoms with van der Waals surface area (Å²) < 4.78 is 0.959. The van der Waals surface area contributed by atoms with Crippen LogP contribution < -0.4 is 5.32 Å². The molecule has 20 heavy (non-hydrogen) atoms. The Balaban J connectivity index is 1.80. The fourth-order valence-electron chi connectivity index (χ4n) is 2.64. The summed E-state index contributed by atoms with van der Waals surface area (Å²) in [5.41, 5.74) is 4.28. The highest BCUT2D eigenvalue weighted by Gasteiger charge is 2.13. The highest BCUT2D eigenvalue weighted by molar-refractivity contribution is 9.10. The minimum absolute atomic E-state index is 0.0449. The first-order valence-corrected chi connectivity index (χ1v) is 7.70. The molecular formula is C17H16BrNO. The molecule has 1 aliphatic rings. The van der Waals surface area contributed by atoms with Crippen LogP contribution in [-0.2, 0) is 12.8 Å². The number of anilines is 1. The molecule has 3 rings (SSSR count). The lowest BCUT2D eigenvalue weighted by molar-refractivity contribution is 0.102. The minimum atomic E-state index is -0.0449. The number of hydrogen-bond donors (Lipinski definition) is 1. The van der Waals surface area contributed by atoms with Crippen LogP contribution in [0.1, 0.15) is 34.3 Å². The van der Waals surface area contributed by atoms with Gasteiger partial charge in [-0.15, -0.1) is 0 Å². The maximum absolute atomic E-state index is 12.3. The van der Waals surface area contributed by atoms with E-state index in [-0.39, 0.29) is 5.91 Å². The van der Waals surface area contributed by atoms with Crippen LogP contribution in [-0.4, -0.2) is 5.91 Å². The molecule has 0 aromatic heterocycles. The predicted octanol–water partition coefficient (Wildman–Crippen LogP) is 4.58. The highest BCUT2D eigenvalue weighted by atomic mass is 79.9. The van der Waals surface area contributed by atoms with Crippen molar-refractivity contribution in [3.63, 3.8) is 0 Å². The molecule has 3 heteroatoms. The molecule has 0 heterocycles. The number of hydrogen-bond acceptors (Lipinski definition) is 1. The van der Waals surface area contributed by atoms with Crippen LogP contribution in [0.2, 0.25) is 0 Å². The molecule has 1 N–H and O–H groups in total. The number of nitrogens with one attached hydrogen (secondary N) is 1. The van der Waals surface area contributed by atoms with Gasteiger partial charge in [0, 0.05) is 15.7 Å². The van der Waals surface area contributed by atoms with Crippen molar-refractivity contribution in [2.24, 2.45) is 0 Å². The van der Waals surface area contributed by atoms with Gasteiger partial charge in [-0.1, -0.05) is 28.1 Å². The van der Waals surface area contributed by atoms with Gasteiger partial charge in [-0.3, -0.25) is 4.79 Å². The van der Waals surface area contributed by atoms with E-state index in [1.54, 1.807) is 0 Å². The normalized spacial score (nSPS) is 13.7. The van der Waals surface area contributed by atoms with Crippen molar-refractivity contribution in [3.05, 3.63) is 63.6 Å². The standard InChI is InChI=1S/C17H16BrNO/c18-15-6-3-7-16(11-15)19-17(20)14-9-8-12-4-1-2-5-13(12)10-14/h3,6-11H,1-2,4-5H2,(H,19,20). The van der Waals surface area contributed by atoms with Gasteiger partial charge in [-0.25, -0.2) is 0 Å². The second-order valence-corrected chi connectivity index (χ2v) is 6.07. The lowest BCUT2D eigenvalue weighted by Gasteiger charge is -2.16. The van der Waals surface area contributed by atoms with E-state index >= 15 is 0 Å². The first kappa shape index (κ1) is 13.4. The van der Waals surface area contributed by atoms with Crippen molar-refractivity contribution in [1.82, 2.24) is 0 Å². The van der Waals surface area contributed by atoms with E-state index in [4.69, 9.17) is 0 Å². The second-order valence-electron chi connectivity index (χ2n) is 5.16. The molecule has 2 aromatic rings. The van der Waals surface area contributed by atoms with E-state index in [2.05, 4.69) is 27.3 Å². The quantitative estimate of drug-likeness (QED) is 0.858. The summed E-state index contributed by atoms with van der Waals surface area (Å²) in [5, 5.41) is 2.94. The van der Waals surface area contributed by atoms with Gasteiger partial charge in [0.05, 0.1) is 0 Å². The van der Waals surface area contributed by atoms with Crippen LogP contribution in [0.5, 0.6) is 0 Å². The van der Waals surface area contributed by atoms with Crippen LogP contribution in [0, 0.1) is 0 Å². The van der Waals surface area contributed by atoms with Gasteiger partial charge in [-0.05, 0) is 67.1 Å². The number of aryl methyl sites for hydroxylation is 2. The number of fused-ring (bicyclic) bond motifs is 1. The Morgan fingerprint density at radius 3 is 2.60 bits per heavy atom. The molecule has 0 saturated heterocycles. The Morgan fingerprint density at radius 1 is 1.00 bits per heavy atom. The molecule has 0 bridgehead atoms. The molecule has 1 aliphatic carbocycles. The lowest BCUT2D eigenvalue weighted by Crippen LogP contribution is -2.13. The SMILES string of the molecule is O=C(Nc1cccc(Br)c1)c1ccc2c(c1)CCCC2. The van der Waals surface area contributed by atoms with Crippen molar-refractivity contribution < 1.29 is 4.79 Å². The number of carbonyl (C=O) groups is 1. The number of amides is 1. The molecule has 0 spiro atoms. The van der Waals surface area contributed by atoms with E-state index in [0.29, 0.717) is 0 Å².